The standard InChI is InChI=1S/C3H10N2/c1-2-3(4)5/h3H,2,4-5H2,1H3. The fourth-order valence-electron chi connectivity index (χ4n) is 0. The summed E-state index contributed by atoms with van der Waals surface area (Å²) in [5.41, 5.74) is 10.1. The van der Waals surface area contributed by atoms with Crippen molar-refractivity contribution in [2.75, 3.05) is 0 Å². The first-order chi connectivity index (χ1) is 2.27. The van der Waals surface area contributed by atoms with Crippen LogP contribution in [0.2, 0.25) is 0 Å². The summed E-state index contributed by atoms with van der Waals surface area (Å²) in [4.78, 5) is 0. The van der Waals surface area contributed by atoms with Crippen LogP contribution in [-0.4, -0.2) is 6.17 Å². The maximum Gasteiger partial charge on any atom is 0.0518 e. The molecule has 0 amide bonds. The molecule has 0 aliphatic carbocycles. The lowest BCUT2D eigenvalue weighted by atomic mass is 10.4. The fraction of sp³-hybridized carbons (Fsp3) is 1.00. The van der Waals surface area contributed by atoms with Crippen LogP contribution in [-0.2, 0) is 0 Å². The second-order valence-corrected chi connectivity index (χ2v) is 1.07. The highest BCUT2D eigenvalue weighted by molar-refractivity contribution is 4.40. The first-order valence-electron chi connectivity index (χ1n) is 1.78. The third-order valence-corrected chi connectivity index (χ3v) is 0.471. The molecule has 0 aromatic heterocycles. The number of hydrogen-bond acceptors (Lipinski definition) is 2. The molecule has 0 rings (SSSR count). The zero-order valence-corrected chi connectivity index (χ0v) is 3.44. The van der Waals surface area contributed by atoms with Crippen molar-refractivity contribution in [1.29, 1.82) is 0 Å². The lowest BCUT2D eigenvalue weighted by molar-refractivity contribution is 0.682. The monoisotopic (exact) mass is 74.1 g/mol. The average molecular weight is 74.1 g/mol. The number of hydrogen-bond donors (Lipinski definition) is 2. The minimum Gasteiger partial charge on any atom is -0.316 e. The van der Waals surface area contributed by atoms with E-state index in [1.54, 1.807) is 0 Å². The van der Waals surface area contributed by atoms with Crippen LogP contribution >= 0.6 is 0 Å². The van der Waals surface area contributed by atoms with Gasteiger partial charge in [-0.25, -0.2) is 0 Å². The first kappa shape index (κ1) is 4.92. The Morgan fingerprint density at radius 3 is 1.80 bits per heavy atom. The molecule has 0 fully saturated rings. The lowest BCUT2D eigenvalue weighted by Gasteiger charge is -1.92. The van der Waals surface area contributed by atoms with Crippen molar-refractivity contribution < 1.29 is 0 Å². The molecule has 0 aliphatic rings. The maximum atomic E-state index is 5.07. The Morgan fingerprint density at radius 2 is 1.80 bits per heavy atom. The summed E-state index contributed by atoms with van der Waals surface area (Å²) < 4.78 is 0. The van der Waals surface area contributed by atoms with E-state index in [4.69, 9.17) is 11.5 Å². The molecule has 0 atom stereocenters. The summed E-state index contributed by atoms with van der Waals surface area (Å²) >= 11 is 0. The SMILES string of the molecule is CCC(N)N. The van der Waals surface area contributed by atoms with E-state index in [2.05, 4.69) is 0 Å². The smallest absolute Gasteiger partial charge is 0.0518 e. The van der Waals surface area contributed by atoms with Crippen molar-refractivity contribution >= 4 is 0 Å². The predicted molar refractivity (Wildman–Crippen MR) is 22.5 cm³/mol. The molecule has 0 aliphatic heterocycles. The average Bonchev–Trinajstić information content (AvgIpc) is 1.38. The Morgan fingerprint density at radius 1 is 1.60 bits per heavy atom. The van der Waals surface area contributed by atoms with Crippen molar-refractivity contribution in [2.24, 2.45) is 11.5 Å². The van der Waals surface area contributed by atoms with Crippen LogP contribution in [0.5, 0.6) is 0 Å². The minimum absolute atomic E-state index is 0.116. The highest BCUT2D eigenvalue weighted by Gasteiger charge is 1.79. The molecule has 0 spiro atoms. The maximum absolute atomic E-state index is 5.07. The van der Waals surface area contributed by atoms with E-state index in [9.17, 15) is 0 Å². The Bertz CT molecular complexity index is 18.9. The van der Waals surface area contributed by atoms with Crippen molar-refractivity contribution in [2.45, 2.75) is 19.5 Å². The fourth-order valence-corrected chi connectivity index (χ4v) is 0. The van der Waals surface area contributed by atoms with Crippen molar-refractivity contribution in [3.8, 4) is 0 Å². The lowest BCUT2D eigenvalue weighted by Crippen LogP contribution is -2.28. The molecule has 0 unspecified atom stereocenters. The van der Waals surface area contributed by atoms with E-state index in [-0.39, 0.29) is 6.17 Å². The Labute approximate surface area is 32.1 Å². The summed E-state index contributed by atoms with van der Waals surface area (Å²) in [6.45, 7) is 1.95. The van der Waals surface area contributed by atoms with Crippen LogP contribution in [0.15, 0.2) is 0 Å². The highest BCUT2D eigenvalue weighted by Crippen LogP contribution is 1.68. The van der Waals surface area contributed by atoms with Crippen LogP contribution in [0.4, 0.5) is 0 Å². The summed E-state index contributed by atoms with van der Waals surface area (Å²) in [6, 6.07) is 0. The molecule has 2 heteroatoms. The Kier molecular flexibility index (Phi) is 2.14. The van der Waals surface area contributed by atoms with Crippen molar-refractivity contribution in [3.63, 3.8) is 0 Å². The van der Waals surface area contributed by atoms with Crippen LogP contribution in [0, 0.1) is 0 Å². The predicted octanol–water partition coefficient (Wildman–Crippen LogP) is -0.360. The molecule has 0 saturated carbocycles. The minimum atomic E-state index is -0.116. The van der Waals surface area contributed by atoms with E-state index < -0.39 is 0 Å². The molecule has 2 nitrogen and oxygen atoms in total. The molecule has 0 aromatic carbocycles. The van der Waals surface area contributed by atoms with Gasteiger partial charge in [0.25, 0.3) is 0 Å². The molecule has 0 aromatic rings. The summed E-state index contributed by atoms with van der Waals surface area (Å²) in [5.74, 6) is 0. The van der Waals surface area contributed by atoms with E-state index in [1.807, 2.05) is 6.92 Å². The second-order valence-electron chi connectivity index (χ2n) is 1.07. The summed E-state index contributed by atoms with van der Waals surface area (Å²) in [6.07, 6.45) is 0.745. The molecule has 32 valence electrons. The van der Waals surface area contributed by atoms with Crippen LogP contribution < -0.4 is 11.5 Å². The van der Waals surface area contributed by atoms with Gasteiger partial charge in [0.15, 0.2) is 0 Å². The zero-order chi connectivity index (χ0) is 4.28. The highest BCUT2D eigenvalue weighted by atomic mass is 14.8. The molecule has 0 bridgehead atoms. The zero-order valence-electron chi connectivity index (χ0n) is 3.44. The van der Waals surface area contributed by atoms with Crippen LogP contribution in [0.25, 0.3) is 0 Å². The molecule has 0 saturated heterocycles. The third-order valence-electron chi connectivity index (χ3n) is 0.471. The van der Waals surface area contributed by atoms with Gasteiger partial charge in [0.2, 0.25) is 0 Å². The first-order valence-corrected chi connectivity index (χ1v) is 1.78. The van der Waals surface area contributed by atoms with Gasteiger partial charge in [0.05, 0.1) is 6.17 Å². The summed E-state index contributed by atoms with van der Waals surface area (Å²) in [7, 11) is 0. The van der Waals surface area contributed by atoms with E-state index >= 15 is 0 Å². The molecule has 0 heterocycles. The molecular weight excluding hydrogens is 64.0 g/mol. The van der Waals surface area contributed by atoms with E-state index in [1.165, 1.54) is 0 Å². The molecule has 5 heavy (non-hydrogen) atoms. The van der Waals surface area contributed by atoms with Gasteiger partial charge in [-0.05, 0) is 6.42 Å². The van der Waals surface area contributed by atoms with Gasteiger partial charge in [-0.2, -0.15) is 0 Å². The van der Waals surface area contributed by atoms with Crippen LogP contribution in [0.3, 0.4) is 0 Å². The third kappa shape index (κ3) is 3.92. The van der Waals surface area contributed by atoms with Gasteiger partial charge in [-0.15, -0.1) is 0 Å². The van der Waals surface area contributed by atoms with Gasteiger partial charge in [-0.3, -0.25) is 0 Å². The number of nitrogens with two attached hydrogens (primary N) is 2. The topological polar surface area (TPSA) is 52.0 Å². The van der Waals surface area contributed by atoms with Crippen molar-refractivity contribution in [3.05, 3.63) is 0 Å². The van der Waals surface area contributed by atoms with Gasteiger partial charge in [0, 0.05) is 0 Å². The van der Waals surface area contributed by atoms with Gasteiger partial charge >= 0.3 is 0 Å². The van der Waals surface area contributed by atoms with Gasteiger partial charge in [0.1, 0.15) is 0 Å². The molecular formula is C3H10N2. The molecule has 4 N–H and O–H groups in total. The van der Waals surface area contributed by atoms with E-state index in [0.717, 1.165) is 6.42 Å². The van der Waals surface area contributed by atoms with Crippen LogP contribution in [0.1, 0.15) is 13.3 Å². The summed E-state index contributed by atoms with van der Waals surface area (Å²) in [5, 5.41) is 0. The molecule has 0 radical (unpaired) electrons. The largest absolute Gasteiger partial charge is 0.316 e. The Hall–Kier alpha value is -0.0800. The second kappa shape index (κ2) is 2.18. The van der Waals surface area contributed by atoms with Gasteiger partial charge in [-0.1, -0.05) is 6.92 Å². The van der Waals surface area contributed by atoms with Crippen molar-refractivity contribution in [1.82, 2.24) is 0 Å². The Balaban J connectivity index is 2.54. The number of rotatable bonds is 1. The van der Waals surface area contributed by atoms with E-state index in [0.29, 0.717) is 0 Å². The van der Waals surface area contributed by atoms with Gasteiger partial charge < -0.3 is 11.5 Å². The quantitative estimate of drug-likeness (QED) is 0.417. The normalized spacial score (nSPS) is 9.60.